The minimum atomic E-state index is 0.0550. The first-order valence-corrected chi connectivity index (χ1v) is 9.00. The van der Waals surface area contributed by atoms with Gasteiger partial charge in [0, 0.05) is 37.1 Å². The fourth-order valence-corrected chi connectivity index (χ4v) is 3.30. The lowest BCUT2D eigenvalue weighted by Crippen LogP contribution is -2.51. The summed E-state index contributed by atoms with van der Waals surface area (Å²) in [5.74, 6) is 0.697. The number of benzene rings is 1. The predicted octanol–water partition coefficient (Wildman–Crippen LogP) is 1.45. The Bertz CT molecular complexity index is 514. The van der Waals surface area contributed by atoms with E-state index in [1.807, 2.05) is 49.1 Å². The molecule has 23 heavy (non-hydrogen) atoms. The van der Waals surface area contributed by atoms with Crippen molar-refractivity contribution in [2.24, 2.45) is 0 Å². The monoisotopic (exact) mass is 335 g/mol. The van der Waals surface area contributed by atoms with Crippen molar-refractivity contribution in [2.45, 2.75) is 24.8 Å². The van der Waals surface area contributed by atoms with Gasteiger partial charge in [-0.3, -0.25) is 14.5 Å². The second-order valence-electron chi connectivity index (χ2n) is 5.98. The van der Waals surface area contributed by atoms with Crippen LogP contribution in [-0.2, 0) is 9.59 Å². The maximum atomic E-state index is 12.3. The SMILES string of the molecule is CC(C)NC(=O)CN1CCN(C(=O)CSc2ccccc2)CC1. The van der Waals surface area contributed by atoms with Crippen molar-refractivity contribution in [3.05, 3.63) is 30.3 Å². The van der Waals surface area contributed by atoms with Gasteiger partial charge in [0.25, 0.3) is 0 Å². The molecule has 0 saturated carbocycles. The highest BCUT2D eigenvalue weighted by Crippen LogP contribution is 2.17. The van der Waals surface area contributed by atoms with Crippen LogP contribution in [0.15, 0.2) is 35.2 Å². The number of nitrogens with zero attached hydrogens (tertiary/aromatic N) is 2. The van der Waals surface area contributed by atoms with Gasteiger partial charge in [-0.25, -0.2) is 0 Å². The van der Waals surface area contributed by atoms with Gasteiger partial charge >= 0.3 is 0 Å². The van der Waals surface area contributed by atoms with Crippen LogP contribution in [-0.4, -0.2) is 66.1 Å². The Balaban J connectivity index is 1.69. The third kappa shape index (κ3) is 6.23. The third-order valence-electron chi connectivity index (χ3n) is 3.65. The Morgan fingerprint density at radius 3 is 2.39 bits per heavy atom. The van der Waals surface area contributed by atoms with Crippen molar-refractivity contribution in [3.8, 4) is 0 Å². The van der Waals surface area contributed by atoms with Crippen molar-refractivity contribution in [1.82, 2.24) is 15.1 Å². The molecule has 1 N–H and O–H groups in total. The van der Waals surface area contributed by atoms with Gasteiger partial charge in [0.1, 0.15) is 0 Å². The number of piperazine rings is 1. The second-order valence-corrected chi connectivity index (χ2v) is 7.03. The molecule has 0 unspecified atom stereocenters. The lowest BCUT2D eigenvalue weighted by Gasteiger charge is -2.34. The van der Waals surface area contributed by atoms with Crippen LogP contribution in [0.5, 0.6) is 0 Å². The highest BCUT2D eigenvalue weighted by molar-refractivity contribution is 8.00. The van der Waals surface area contributed by atoms with Gasteiger partial charge in [0.2, 0.25) is 11.8 Å². The number of nitrogens with one attached hydrogen (secondary N) is 1. The van der Waals surface area contributed by atoms with E-state index in [2.05, 4.69) is 10.2 Å². The van der Waals surface area contributed by atoms with Crippen LogP contribution in [0.25, 0.3) is 0 Å². The van der Waals surface area contributed by atoms with Crippen LogP contribution >= 0.6 is 11.8 Å². The van der Waals surface area contributed by atoms with E-state index in [1.54, 1.807) is 11.8 Å². The van der Waals surface area contributed by atoms with E-state index in [0.717, 1.165) is 18.0 Å². The summed E-state index contributed by atoms with van der Waals surface area (Å²) in [5.41, 5.74) is 0. The summed E-state index contributed by atoms with van der Waals surface area (Å²) in [6, 6.07) is 10.1. The first-order valence-electron chi connectivity index (χ1n) is 8.02. The second kappa shape index (κ2) is 8.93. The Labute approximate surface area is 142 Å². The van der Waals surface area contributed by atoms with Crippen LogP contribution in [0.4, 0.5) is 0 Å². The average molecular weight is 335 g/mol. The van der Waals surface area contributed by atoms with Crippen molar-refractivity contribution in [3.63, 3.8) is 0 Å². The molecule has 1 fully saturated rings. The van der Waals surface area contributed by atoms with E-state index in [9.17, 15) is 9.59 Å². The van der Waals surface area contributed by atoms with Crippen molar-refractivity contribution in [1.29, 1.82) is 0 Å². The minimum Gasteiger partial charge on any atom is -0.353 e. The van der Waals surface area contributed by atoms with Gasteiger partial charge in [0.05, 0.1) is 12.3 Å². The highest BCUT2D eigenvalue weighted by Gasteiger charge is 2.22. The summed E-state index contributed by atoms with van der Waals surface area (Å²) in [4.78, 5) is 29.1. The van der Waals surface area contributed by atoms with Crippen LogP contribution < -0.4 is 5.32 Å². The van der Waals surface area contributed by atoms with E-state index in [4.69, 9.17) is 0 Å². The van der Waals surface area contributed by atoms with Gasteiger partial charge in [-0.1, -0.05) is 18.2 Å². The summed E-state index contributed by atoms with van der Waals surface area (Å²) in [5, 5.41) is 2.90. The zero-order chi connectivity index (χ0) is 16.7. The van der Waals surface area contributed by atoms with E-state index < -0.39 is 0 Å². The topological polar surface area (TPSA) is 52.7 Å². The normalized spacial score (nSPS) is 15.7. The van der Waals surface area contributed by atoms with Crippen molar-refractivity contribution in [2.75, 3.05) is 38.5 Å². The Hall–Kier alpha value is -1.53. The number of hydrogen-bond acceptors (Lipinski definition) is 4. The molecule has 6 heteroatoms. The third-order valence-corrected chi connectivity index (χ3v) is 4.64. The number of amides is 2. The maximum Gasteiger partial charge on any atom is 0.234 e. The number of rotatable bonds is 6. The summed E-state index contributed by atoms with van der Waals surface area (Å²) < 4.78 is 0. The van der Waals surface area contributed by atoms with Gasteiger partial charge in [-0.15, -0.1) is 11.8 Å². The molecule has 1 heterocycles. The molecule has 0 aliphatic carbocycles. The molecular weight excluding hydrogens is 310 g/mol. The van der Waals surface area contributed by atoms with Gasteiger partial charge in [0.15, 0.2) is 0 Å². The quantitative estimate of drug-likeness (QED) is 0.800. The first-order chi connectivity index (χ1) is 11.0. The summed E-state index contributed by atoms with van der Waals surface area (Å²) >= 11 is 1.57. The minimum absolute atomic E-state index is 0.0550. The van der Waals surface area contributed by atoms with Gasteiger partial charge in [-0.05, 0) is 26.0 Å². The zero-order valence-corrected chi connectivity index (χ0v) is 14.6. The summed E-state index contributed by atoms with van der Waals surface area (Å²) in [6.07, 6.45) is 0. The summed E-state index contributed by atoms with van der Waals surface area (Å²) in [6.45, 7) is 7.24. The molecule has 0 bridgehead atoms. The van der Waals surface area contributed by atoms with E-state index in [-0.39, 0.29) is 17.9 Å². The van der Waals surface area contributed by atoms with Crippen LogP contribution in [0.2, 0.25) is 0 Å². The van der Waals surface area contributed by atoms with Crippen molar-refractivity contribution < 1.29 is 9.59 Å². The number of carbonyl (C=O) groups is 2. The standard InChI is InChI=1S/C17H25N3O2S/c1-14(2)18-16(21)12-19-8-10-20(11-9-19)17(22)13-23-15-6-4-3-5-7-15/h3-7,14H,8-13H2,1-2H3,(H,18,21). The number of hydrogen-bond donors (Lipinski definition) is 1. The molecule has 0 spiro atoms. The molecule has 1 aromatic rings. The Morgan fingerprint density at radius 1 is 1.13 bits per heavy atom. The number of carbonyl (C=O) groups excluding carboxylic acids is 2. The van der Waals surface area contributed by atoms with Crippen LogP contribution in [0.3, 0.4) is 0 Å². The molecule has 2 rings (SSSR count). The summed E-state index contributed by atoms with van der Waals surface area (Å²) in [7, 11) is 0. The molecule has 1 aromatic carbocycles. The molecule has 0 aromatic heterocycles. The Kier molecular flexibility index (Phi) is 6.92. The zero-order valence-electron chi connectivity index (χ0n) is 13.8. The van der Waals surface area contributed by atoms with Gasteiger partial charge in [-0.2, -0.15) is 0 Å². The fraction of sp³-hybridized carbons (Fsp3) is 0.529. The average Bonchev–Trinajstić information content (AvgIpc) is 2.53. The lowest BCUT2D eigenvalue weighted by molar-refractivity contribution is -0.130. The smallest absolute Gasteiger partial charge is 0.234 e. The van der Waals surface area contributed by atoms with Gasteiger partial charge < -0.3 is 10.2 Å². The molecule has 2 amide bonds. The molecule has 1 saturated heterocycles. The fourth-order valence-electron chi connectivity index (χ4n) is 2.48. The molecule has 1 aliphatic rings. The number of thioether (sulfide) groups is 1. The molecule has 5 nitrogen and oxygen atoms in total. The van der Waals surface area contributed by atoms with Crippen LogP contribution in [0.1, 0.15) is 13.8 Å². The van der Waals surface area contributed by atoms with Crippen molar-refractivity contribution >= 4 is 23.6 Å². The molecular formula is C17H25N3O2S. The van der Waals surface area contributed by atoms with E-state index in [0.29, 0.717) is 25.4 Å². The molecule has 126 valence electrons. The first kappa shape index (κ1) is 17.8. The van der Waals surface area contributed by atoms with Crippen LogP contribution in [0, 0.1) is 0 Å². The highest BCUT2D eigenvalue weighted by atomic mass is 32.2. The largest absolute Gasteiger partial charge is 0.353 e. The maximum absolute atomic E-state index is 12.3. The Morgan fingerprint density at radius 2 is 1.78 bits per heavy atom. The lowest BCUT2D eigenvalue weighted by atomic mass is 10.3. The molecule has 0 atom stereocenters. The van der Waals surface area contributed by atoms with E-state index in [1.165, 1.54) is 0 Å². The molecule has 1 aliphatic heterocycles. The molecule has 0 radical (unpaired) electrons. The predicted molar refractivity (Wildman–Crippen MR) is 93.5 cm³/mol. The van der Waals surface area contributed by atoms with E-state index >= 15 is 0 Å².